The van der Waals surface area contributed by atoms with Crippen molar-refractivity contribution >= 4 is 90.5 Å². The van der Waals surface area contributed by atoms with Gasteiger partial charge in [-0.05, 0) is 0 Å². The second-order valence-electron chi connectivity index (χ2n) is 3.80. The van der Waals surface area contributed by atoms with Crippen molar-refractivity contribution in [3.8, 4) is 0 Å². The van der Waals surface area contributed by atoms with E-state index in [1.165, 1.54) is 11.8 Å². The molecule has 0 aliphatic carbocycles. The molecule has 2 fully saturated rings. The molecule has 3 heterocycles. The fourth-order valence-corrected chi connectivity index (χ4v) is 4.84. The van der Waals surface area contributed by atoms with Crippen molar-refractivity contribution in [2.45, 2.75) is 0 Å². The van der Waals surface area contributed by atoms with Crippen LogP contribution in [0, 0.1) is 0 Å². The van der Waals surface area contributed by atoms with Crippen LogP contribution in [0.1, 0.15) is 0 Å². The number of rotatable bonds is 2. The molecule has 124 valence electrons. The molecule has 3 rings (SSSR count). The Balaban J connectivity index is 0.000000174. The maximum Gasteiger partial charge on any atom is 0.313 e. The van der Waals surface area contributed by atoms with E-state index in [-0.39, 0.29) is 5.75 Å². The molecule has 0 atom stereocenters. The molecule has 3 N–H and O–H groups in total. The van der Waals surface area contributed by atoms with Gasteiger partial charge in [0.2, 0.25) is 0 Å². The first-order valence-corrected chi connectivity index (χ1v) is 11.2. The van der Waals surface area contributed by atoms with Gasteiger partial charge in [-0.15, -0.1) is 0 Å². The average Bonchev–Trinajstić information content (AvgIpc) is 3.21. The number of nitrogens with zero attached hydrogens (tertiary/aromatic N) is 1. The van der Waals surface area contributed by atoms with E-state index < -0.39 is 5.97 Å². The van der Waals surface area contributed by atoms with Crippen LogP contribution in [0.2, 0.25) is 0 Å². The number of thiocarbonyl (C=S) groups is 2. The third-order valence-corrected chi connectivity index (χ3v) is 6.95. The number of carboxylic acids is 1. The lowest BCUT2D eigenvalue weighted by molar-refractivity contribution is -0.133. The number of hydrogen-bond donors (Lipinski definition) is 3. The number of carbonyl (C=O) groups is 1. The summed E-state index contributed by atoms with van der Waals surface area (Å²) < 4.78 is 2.83. The fourth-order valence-electron chi connectivity index (χ4n) is 1.22. The van der Waals surface area contributed by atoms with Crippen LogP contribution in [0.5, 0.6) is 0 Å². The molecule has 3 aliphatic rings. The van der Waals surface area contributed by atoms with Crippen LogP contribution < -0.4 is 10.6 Å². The van der Waals surface area contributed by atoms with Crippen molar-refractivity contribution in [2.24, 2.45) is 4.99 Å². The van der Waals surface area contributed by atoms with Crippen LogP contribution >= 0.6 is 71.5 Å². The highest BCUT2D eigenvalue weighted by molar-refractivity contribution is 8.39. The lowest BCUT2D eigenvalue weighted by Crippen LogP contribution is -2.09. The van der Waals surface area contributed by atoms with Gasteiger partial charge in [0.05, 0.1) is 12.3 Å². The van der Waals surface area contributed by atoms with Gasteiger partial charge in [0, 0.05) is 30.3 Å². The summed E-state index contributed by atoms with van der Waals surface area (Å²) >= 11 is 15.9. The van der Waals surface area contributed by atoms with Crippen LogP contribution in [0.25, 0.3) is 0 Å². The van der Waals surface area contributed by atoms with E-state index in [1.54, 1.807) is 35.3 Å². The summed E-state index contributed by atoms with van der Waals surface area (Å²) in [6.07, 6.45) is 0. The summed E-state index contributed by atoms with van der Waals surface area (Å²) in [5.41, 5.74) is 0. The lowest BCUT2D eigenvalue weighted by Gasteiger charge is -1.92. The average molecular weight is 416 g/mol. The predicted octanol–water partition coefficient (Wildman–Crippen LogP) is 2.12. The molecule has 0 amide bonds. The van der Waals surface area contributed by atoms with E-state index in [0.717, 1.165) is 49.9 Å². The predicted molar refractivity (Wildman–Crippen MR) is 111 cm³/mol. The molecule has 3 aliphatic heterocycles. The molecule has 0 aromatic rings. The first kappa shape index (κ1) is 20.4. The summed E-state index contributed by atoms with van der Waals surface area (Å²) in [5, 5.41) is 14.3. The molecule has 0 aromatic carbocycles. The third-order valence-electron chi connectivity index (χ3n) is 2.09. The van der Waals surface area contributed by atoms with E-state index in [9.17, 15) is 4.79 Å². The number of carboxylic acid groups (broad SMARTS) is 1. The third kappa shape index (κ3) is 10.9. The molecule has 0 bridgehead atoms. The van der Waals surface area contributed by atoms with Gasteiger partial charge in [-0.25, -0.2) is 0 Å². The Bertz CT molecular complexity index is 396. The maximum absolute atomic E-state index is 10.1. The molecule has 0 aromatic heterocycles. The fraction of sp³-hybridized carbons (Fsp3) is 0.636. The largest absolute Gasteiger partial charge is 0.481 e. The van der Waals surface area contributed by atoms with Crippen molar-refractivity contribution in [3.63, 3.8) is 0 Å². The highest BCUT2D eigenvalue weighted by atomic mass is 32.2. The number of aliphatic imine (C=N–C) groups is 1. The van der Waals surface area contributed by atoms with Gasteiger partial charge in [-0.2, -0.15) is 0 Å². The van der Waals surface area contributed by atoms with E-state index in [1.807, 2.05) is 0 Å². The second kappa shape index (κ2) is 12.7. The Hall–Kier alpha value is 0.320. The molecule has 2 saturated heterocycles. The highest BCUT2D eigenvalue weighted by Gasteiger charge is 2.08. The summed E-state index contributed by atoms with van der Waals surface area (Å²) in [6, 6.07) is 0. The zero-order valence-corrected chi connectivity index (χ0v) is 16.6. The second-order valence-corrected chi connectivity index (χ2v) is 9.65. The first-order valence-electron chi connectivity index (χ1n) is 6.41. The van der Waals surface area contributed by atoms with E-state index in [0.29, 0.717) is 0 Å². The summed E-state index contributed by atoms with van der Waals surface area (Å²) in [6.45, 7) is 2.96. The maximum atomic E-state index is 10.1. The minimum Gasteiger partial charge on any atom is -0.481 e. The van der Waals surface area contributed by atoms with Crippen molar-refractivity contribution in [3.05, 3.63) is 0 Å². The van der Waals surface area contributed by atoms with Crippen molar-refractivity contribution in [1.82, 2.24) is 10.6 Å². The minimum absolute atomic E-state index is 0.131. The van der Waals surface area contributed by atoms with E-state index in [4.69, 9.17) is 29.5 Å². The number of hydrogen-bond acceptors (Lipinski definition) is 8. The minimum atomic E-state index is -0.778. The molecule has 22 heavy (non-hydrogen) atoms. The topological polar surface area (TPSA) is 73.7 Å². The van der Waals surface area contributed by atoms with Gasteiger partial charge in [-0.1, -0.05) is 71.5 Å². The van der Waals surface area contributed by atoms with Crippen molar-refractivity contribution < 1.29 is 9.90 Å². The van der Waals surface area contributed by atoms with E-state index >= 15 is 0 Å². The normalized spacial score (nSPS) is 19.2. The van der Waals surface area contributed by atoms with Gasteiger partial charge in [0.15, 0.2) is 0 Å². The molecule has 11 heteroatoms. The van der Waals surface area contributed by atoms with Crippen molar-refractivity contribution in [1.29, 1.82) is 0 Å². The van der Waals surface area contributed by atoms with Crippen LogP contribution in [-0.2, 0) is 4.79 Å². The van der Waals surface area contributed by atoms with Crippen LogP contribution in [0.4, 0.5) is 0 Å². The summed E-state index contributed by atoms with van der Waals surface area (Å²) in [4.78, 5) is 14.2. The molecule has 0 radical (unpaired) electrons. The molecular weight excluding hydrogens is 399 g/mol. The Morgan fingerprint density at radius 3 is 2.00 bits per heavy atom. The van der Waals surface area contributed by atoms with Crippen molar-refractivity contribution in [2.75, 3.05) is 42.6 Å². The molecule has 0 unspecified atom stereocenters. The molecule has 5 nitrogen and oxygen atoms in total. The SMILES string of the molecule is O=C(O)CSC1=NCCS1.S=C1NCCS1.S=C1NCCS1. The Morgan fingerprint density at radius 1 is 1.14 bits per heavy atom. The quantitative estimate of drug-likeness (QED) is 0.584. The van der Waals surface area contributed by atoms with E-state index in [2.05, 4.69) is 15.6 Å². The lowest BCUT2D eigenvalue weighted by atomic mass is 10.8. The van der Waals surface area contributed by atoms with Gasteiger partial charge >= 0.3 is 5.97 Å². The zero-order valence-electron chi connectivity index (χ0n) is 11.7. The molecular formula is C11H17N3O2S6. The summed E-state index contributed by atoms with van der Waals surface area (Å²) in [5.74, 6) is 2.66. The van der Waals surface area contributed by atoms with Gasteiger partial charge in [0.1, 0.15) is 13.0 Å². The molecule has 0 spiro atoms. The Kier molecular flexibility index (Phi) is 11.8. The van der Waals surface area contributed by atoms with Crippen LogP contribution in [0.3, 0.4) is 0 Å². The number of aliphatic carboxylic acids is 1. The standard InChI is InChI=1S/C5H7NO2S2.2C3H5NS2/c7-4(8)3-10-5-6-1-2-9-5;2*5-3-4-1-2-6-3/h1-3H2,(H,7,8);2*1-2H2,(H,4,5). The summed E-state index contributed by atoms with van der Waals surface area (Å²) in [7, 11) is 0. The highest BCUT2D eigenvalue weighted by Crippen LogP contribution is 2.21. The Labute approximate surface area is 158 Å². The van der Waals surface area contributed by atoms with Crippen LogP contribution in [0.15, 0.2) is 4.99 Å². The van der Waals surface area contributed by atoms with Gasteiger partial charge in [0.25, 0.3) is 0 Å². The Morgan fingerprint density at radius 2 is 1.73 bits per heavy atom. The molecule has 0 saturated carbocycles. The first-order chi connectivity index (χ1) is 10.6. The van der Waals surface area contributed by atoms with Gasteiger partial charge < -0.3 is 15.7 Å². The zero-order chi connectivity index (χ0) is 16.2. The smallest absolute Gasteiger partial charge is 0.313 e. The van der Waals surface area contributed by atoms with Crippen LogP contribution in [-0.4, -0.2) is 66.7 Å². The van der Waals surface area contributed by atoms with Gasteiger partial charge in [-0.3, -0.25) is 9.79 Å². The monoisotopic (exact) mass is 415 g/mol. The number of nitrogens with one attached hydrogen (secondary N) is 2. The number of thioether (sulfide) groups is 4.